The van der Waals surface area contributed by atoms with Gasteiger partial charge in [-0.05, 0) is 23.8 Å². The Morgan fingerprint density at radius 1 is 1.10 bits per heavy atom. The van der Waals surface area contributed by atoms with Crippen LogP contribution in [0.5, 0.6) is 0 Å². The maximum absolute atomic E-state index is 12.8. The van der Waals surface area contributed by atoms with Gasteiger partial charge >= 0.3 is 5.97 Å². The fraction of sp³-hybridized carbons (Fsp3) is 0.133. The molecule has 0 bridgehead atoms. The summed E-state index contributed by atoms with van der Waals surface area (Å²) in [6.07, 6.45) is 2.51. The second-order valence-corrected chi connectivity index (χ2v) is 4.53. The maximum Gasteiger partial charge on any atom is 0.372 e. The Morgan fingerprint density at radius 3 is 2.38 bits per heavy atom. The van der Waals surface area contributed by atoms with Crippen LogP contribution in [-0.2, 0) is 16.1 Å². The molecule has 21 heavy (non-hydrogen) atoms. The maximum atomic E-state index is 12.8. The molecule has 0 saturated carbocycles. The van der Waals surface area contributed by atoms with Crippen molar-refractivity contribution in [2.24, 2.45) is 0 Å². The van der Waals surface area contributed by atoms with Crippen molar-refractivity contribution in [2.75, 3.05) is 0 Å². The van der Waals surface area contributed by atoms with Gasteiger partial charge in [0.25, 0.3) is 0 Å². The van der Waals surface area contributed by atoms with E-state index in [-0.39, 0.29) is 11.4 Å². The van der Waals surface area contributed by atoms with Crippen LogP contribution in [0.4, 0.5) is 4.39 Å². The van der Waals surface area contributed by atoms with Crippen molar-refractivity contribution < 1.29 is 23.9 Å². The Labute approximate surface area is 119 Å². The standard InChI is InChI=1S/C15H12FNO4/c16-12-3-1-10(2-4-12)8-17-6-5-11(9-17)13(18)7-14(19)15(20)21/h1-6,9H,7-8H2,(H,20,21). The van der Waals surface area contributed by atoms with Crippen LogP contribution in [0.1, 0.15) is 22.3 Å². The van der Waals surface area contributed by atoms with Gasteiger partial charge in [0.05, 0.1) is 6.42 Å². The zero-order valence-corrected chi connectivity index (χ0v) is 11.0. The number of hydrogen-bond donors (Lipinski definition) is 1. The minimum Gasteiger partial charge on any atom is -0.475 e. The third-order valence-corrected chi connectivity index (χ3v) is 2.91. The molecule has 6 heteroatoms. The van der Waals surface area contributed by atoms with Gasteiger partial charge in [-0.1, -0.05) is 12.1 Å². The summed E-state index contributed by atoms with van der Waals surface area (Å²) in [6.45, 7) is 0.445. The molecule has 0 radical (unpaired) electrons. The highest BCUT2D eigenvalue weighted by Gasteiger charge is 2.18. The molecule has 5 nitrogen and oxygen atoms in total. The number of aliphatic carboxylic acids is 1. The van der Waals surface area contributed by atoms with Crippen LogP contribution in [-0.4, -0.2) is 27.2 Å². The molecule has 0 fully saturated rings. The van der Waals surface area contributed by atoms with Crippen molar-refractivity contribution >= 4 is 17.5 Å². The summed E-state index contributed by atoms with van der Waals surface area (Å²) in [4.78, 5) is 33.1. The van der Waals surface area contributed by atoms with Gasteiger partial charge in [0.1, 0.15) is 5.82 Å². The molecule has 0 aliphatic rings. The molecule has 1 aromatic carbocycles. The number of rotatable bonds is 6. The Morgan fingerprint density at radius 2 is 1.76 bits per heavy atom. The molecule has 0 amide bonds. The lowest BCUT2D eigenvalue weighted by molar-refractivity contribution is -0.148. The lowest BCUT2D eigenvalue weighted by atomic mass is 10.1. The predicted molar refractivity (Wildman–Crippen MR) is 71.5 cm³/mol. The smallest absolute Gasteiger partial charge is 0.372 e. The Bertz CT molecular complexity index is 688. The molecule has 2 aromatic rings. The van der Waals surface area contributed by atoms with E-state index in [9.17, 15) is 18.8 Å². The molecule has 0 atom stereocenters. The summed E-state index contributed by atoms with van der Waals surface area (Å²) < 4.78 is 14.5. The third-order valence-electron chi connectivity index (χ3n) is 2.91. The normalized spacial score (nSPS) is 10.3. The quantitative estimate of drug-likeness (QED) is 0.500. The number of hydrogen-bond acceptors (Lipinski definition) is 3. The molecule has 1 heterocycles. The highest BCUT2D eigenvalue weighted by molar-refractivity contribution is 6.37. The molecular formula is C15H12FNO4. The van der Waals surface area contributed by atoms with E-state index in [1.807, 2.05) is 0 Å². The van der Waals surface area contributed by atoms with E-state index < -0.39 is 24.0 Å². The lowest BCUT2D eigenvalue weighted by Crippen LogP contribution is -2.16. The fourth-order valence-corrected chi connectivity index (χ4v) is 1.83. The number of nitrogens with zero attached hydrogens (tertiary/aromatic N) is 1. The van der Waals surface area contributed by atoms with Gasteiger partial charge in [0.15, 0.2) is 5.78 Å². The zero-order chi connectivity index (χ0) is 15.4. The summed E-state index contributed by atoms with van der Waals surface area (Å²) >= 11 is 0. The monoisotopic (exact) mass is 289 g/mol. The van der Waals surface area contributed by atoms with Gasteiger partial charge in [0, 0.05) is 24.5 Å². The van der Waals surface area contributed by atoms with Gasteiger partial charge in [-0.3, -0.25) is 9.59 Å². The van der Waals surface area contributed by atoms with Crippen LogP contribution < -0.4 is 0 Å². The number of benzene rings is 1. The van der Waals surface area contributed by atoms with E-state index >= 15 is 0 Å². The van der Waals surface area contributed by atoms with Crippen molar-refractivity contribution in [1.82, 2.24) is 4.57 Å². The molecule has 0 unspecified atom stereocenters. The SMILES string of the molecule is O=C(O)C(=O)CC(=O)c1ccn(Cc2ccc(F)cc2)c1. The van der Waals surface area contributed by atoms with Crippen LogP contribution in [0.2, 0.25) is 0 Å². The molecular weight excluding hydrogens is 277 g/mol. The minimum atomic E-state index is -1.62. The van der Waals surface area contributed by atoms with E-state index in [1.54, 1.807) is 22.9 Å². The topological polar surface area (TPSA) is 76.4 Å². The third kappa shape index (κ3) is 3.85. The summed E-state index contributed by atoms with van der Waals surface area (Å²) in [5.74, 6) is -3.62. The van der Waals surface area contributed by atoms with Crippen LogP contribution >= 0.6 is 0 Å². The first kappa shape index (κ1) is 14.6. The van der Waals surface area contributed by atoms with Crippen LogP contribution in [0.3, 0.4) is 0 Å². The molecule has 0 aliphatic heterocycles. The van der Waals surface area contributed by atoms with E-state index in [0.717, 1.165) is 5.56 Å². The molecule has 2 rings (SSSR count). The van der Waals surface area contributed by atoms with Gasteiger partial charge in [-0.15, -0.1) is 0 Å². The van der Waals surface area contributed by atoms with Crippen LogP contribution in [0.25, 0.3) is 0 Å². The zero-order valence-electron chi connectivity index (χ0n) is 11.0. The van der Waals surface area contributed by atoms with Gasteiger partial charge in [-0.2, -0.15) is 0 Å². The lowest BCUT2D eigenvalue weighted by Gasteiger charge is -2.02. The van der Waals surface area contributed by atoms with E-state index in [1.165, 1.54) is 24.4 Å². The molecule has 108 valence electrons. The molecule has 0 saturated heterocycles. The summed E-state index contributed by atoms with van der Waals surface area (Å²) in [5.41, 5.74) is 1.12. The number of carbonyl (C=O) groups is 3. The number of Topliss-reactive ketones (excluding diaryl/α,β-unsaturated/α-hetero) is 2. The second kappa shape index (κ2) is 6.13. The fourth-order valence-electron chi connectivity index (χ4n) is 1.83. The van der Waals surface area contributed by atoms with Gasteiger partial charge < -0.3 is 9.67 Å². The number of aromatic nitrogens is 1. The molecule has 1 aromatic heterocycles. The largest absolute Gasteiger partial charge is 0.475 e. The summed E-state index contributed by atoms with van der Waals surface area (Å²) in [7, 11) is 0. The van der Waals surface area contributed by atoms with Crippen molar-refractivity contribution in [2.45, 2.75) is 13.0 Å². The first-order chi connectivity index (χ1) is 9.95. The van der Waals surface area contributed by atoms with Gasteiger partial charge in [0.2, 0.25) is 5.78 Å². The highest BCUT2D eigenvalue weighted by atomic mass is 19.1. The number of ketones is 2. The van der Waals surface area contributed by atoms with E-state index in [4.69, 9.17) is 5.11 Å². The average molecular weight is 289 g/mol. The Hall–Kier alpha value is -2.76. The minimum absolute atomic E-state index is 0.270. The average Bonchev–Trinajstić information content (AvgIpc) is 2.90. The molecule has 0 aliphatic carbocycles. The van der Waals surface area contributed by atoms with Crippen molar-refractivity contribution in [3.63, 3.8) is 0 Å². The Kier molecular flexibility index (Phi) is 4.27. The van der Waals surface area contributed by atoms with E-state index in [0.29, 0.717) is 6.54 Å². The van der Waals surface area contributed by atoms with Gasteiger partial charge in [-0.25, -0.2) is 9.18 Å². The van der Waals surface area contributed by atoms with Crippen molar-refractivity contribution in [1.29, 1.82) is 0 Å². The predicted octanol–water partition coefficient (Wildman–Crippen LogP) is 1.90. The molecule has 0 spiro atoms. The van der Waals surface area contributed by atoms with Crippen molar-refractivity contribution in [3.8, 4) is 0 Å². The summed E-state index contributed by atoms with van der Waals surface area (Å²) in [6, 6.07) is 7.46. The first-order valence-electron chi connectivity index (χ1n) is 6.15. The number of carbonyl (C=O) groups excluding carboxylic acids is 2. The number of carboxylic acids is 1. The van der Waals surface area contributed by atoms with Crippen molar-refractivity contribution in [3.05, 3.63) is 59.7 Å². The highest BCUT2D eigenvalue weighted by Crippen LogP contribution is 2.09. The van der Waals surface area contributed by atoms with Crippen LogP contribution in [0, 0.1) is 5.82 Å². The van der Waals surface area contributed by atoms with Crippen LogP contribution in [0.15, 0.2) is 42.7 Å². The van der Waals surface area contributed by atoms with E-state index in [2.05, 4.69) is 0 Å². The Balaban J connectivity index is 2.04. The second-order valence-electron chi connectivity index (χ2n) is 4.53. The number of halogens is 1. The molecule has 1 N–H and O–H groups in total. The first-order valence-corrected chi connectivity index (χ1v) is 6.15. The summed E-state index contributed by atoms with van der Waals surface area (Å²) in [5, 5.41) is 8.46. The number of carboxylic acid groups (broad SMARTS) is 1.